The van der Waals surface area contributed by atoms with E-state index >= 15 is 0 Å². The number of hydrogen-bond acceptors (Lipinski definition) is 7. The number of nitrogens with one attached hydrogen (secondary N) is 2. The van der Waals surface area contributed by atoms with Gasteiger partial charge in [-0.2, -0.15) is 5.10 Å². The number of benzene rings is 3. The highest BCUT2D eigenvalue weighted by Crippen LogP contribution is 2.31. The maximum atomic E-state index is 13.7. The summed E-state index contributed by atoms with van der Waals surface area (Å²) < 4.78 is 60.2. The Morgan fingerprint density at radius 2 is 1.81 bits per heavy atom. The van der Waals surface area contributed by atoms with E-state index in [4.69, 9.17) is 4.74 Å². The lowest BCUT2D eigenvalue weighted by atomic mass is 10.2. The van der Waals surface area contributed by atoms with Crippen molar-refractivity contribution in [1.82, 2.24) is 0 Å². The molecule has 0 saturated carbocycles. The van der Waals surface area contributed by atoms with Crippen molar-refractivity contribution in [3.05, 3.63) is 88.0 Å². The first kappa shape index (κ1) is 22.6. The average Bonchev–Trinajstić information content (AvgIpc) is 2.75. The first-order chi connectivity index (χ1) is 15.2. The molecule has 0 heterocycles. The number of nitro groups is 1. The number of sulfonamides is 1. The third kappa shape index (κ3) is 5.16. The second-order valence-corrected chi connectivity index (χ2v) is 7.93. The molecule has 0 bridgehead atoms. The molecular weight excluding hydrogens is 446 g/mol. The van der Waals surface area contributed by atoms with Crippen LogP contribution in [0.4, 0.5) is 25.8 Å². The number of non-ortho nitro benzene ring substituents is 1. The van der Waals surface area contributed by atoms with Gasteiger partial charge in [-0.3, -0.25) is 20.3 Å². The van der Waals surface area contributed by atoms with E-state index in [-0.39, 0.29) is 22.7 Å². The number of rotatable bonds is 8. The van der Waals surface area contributed by atoms with Crippen molar-refractivity contribution in [3.63, 3.8) is 0 Å². The molecule has 0 aliphatic carbocycles. The van der Waals surface area contributed by atoms with Crippen LogP contribution in [0.5, 0.6) is 5.75 Å². The van der Waals surface area contributed by atoms with Gasteiger partial charge in [0.25, 0.3) is 15.7 Å². The number of hydrazone groups is 1. The fourth-order valence-electron chi connectivity index (χ4n) is 2.65. The quantitative estimate of drug-likeness (QED) is 0.295. The summed E-state index contributed by atoms with van der Waals surface area (Å²) in [6.45, 7) is 0. The predicted molar refractivity (Wildman–Crippen MR) is 114 cm³/mol. The lowest BCUT2D eigenvalue weighted by Gasteiger charge is -2.14. The summed E-state index contributed by atoms with van der Waals surface area (Å²) in [4.78, 5) is 9.94. The lowest BCUT2D eigenvalue weighted by molar-refractivity contribution is -0.385. The van der Waals surface area contributed by atoms with Gasteiger partial charge < -0.3 is 4.74 Å². The van der Waals surface area contributed by atoms with E-state index in [2.05, 4.69) is 15.2 Å². The van der Waals surface area contributed by atoms with Gasteiger partial charge in [0.1, 0.15) is 22.3 Å². The van der Waals surface area contributed by atoms with Crippen molar-refractivity contribution in [3.8, 4) is 5.75 Å². The van der Waals surface area contributed by atoms with Gasteiger partial charge in [0.2, 0.25) is 0 Å². The van der Waals surface area contributed by atoms with Crippen LogP contribution in [0.15, 0.2) is 70.7 Å². The highest BCUT2D eigenvalue weighted by atomic mass is 32.2. The van der Waals surface area contributed by atoms with Crippen LogP contribution in [0.3, 0.4) is 0 Å². The molecule has 3 aromatic carbocycles. The number of methoxy groups -OCH3 is 1. The van der Waals surface area contributed by atoms with Crippen molar-refractivity contribution in [2.75, 3.05) is 17.3 Å². The third-order valence-electron chi connectivity index (χ3n) is 4.17. The molecule has 0 atom stereocenters. The molecule has 3 rings (SSSR count). The molecule has 0 spiro atoms. The fourth-order valence-corrected chi connectivity index (χ4v) is 3.89. The first-order valence-corrected chi connectivity index (χ1v) is 10.4. The van der Waals surface area contributed by atoms with Crippen LogP contribution in [0, 0.1) is 21.7 Å². The van der Waals surface area contributed by atoms with E-state index in [1.807, 2.05) is 0 Å². The van der Waals surface area contributed by atoms with Gasteiger partial charge in [-0.25, -0.2) is 17.2 Å². The highest BCUT2D eigenvalue weighted by Gasteiger charge is 2.23. The zero-order valence-corrected chi connectivity index (χ0v) is 17.3. The number of nitro benzene ring substituents is 1. The summed E-state index contributed by atoms with van der Waals surface area (Å²) in [6.07, 6.45) is 1.01. The molecule has 0 aliphatic heterocycles. The number of para-hydroxylation sites is 2. The van der Waals surface area contributed by atoms with E-state index in [0.717, 1.165) is 36.5 Å². The zero-order chi connectivity index (χ0) is 23.3. The Morgan fingerprint density at radius 3 is 2.50 bits per heavy atom. The minimum atomic E-state index is -4.34. The van der Waals surface area contributed by atoms with Crippen molar-refractivity contribution in [2.24, 2.45) is 5.10 Å². The Morgan fingerprint density at radius 1 is 1.06 bits per heavy atom. The second kappa shape index (κ2) is 9.39. The predicted octanol–water partition coefficient (Wildman–Crippen LogP) is 4.13. The summed E-state index contributed by atoms with van der Waals surface area (Å²) in [6, 6.07) is 12.1. The SMILES string of the molecule is COc1ccccc1NS(=O)(=O)c1cc([N+](=O)[O-])ccc1N/N=C\c1ccc(F)cc1F. The second-order valence-electron chi connectivity index (χ2n) is 6.28. The molecule has 3 aromatic rings. The average molecular weight is 462 g/mol. The summed E-state index contributed by atoms with van der Waals surface area (Å²) in [7, 11) is -2.98. The van der Waals surface area contributed by atoms with Crippen LogP contribution in [0.2, 0.25) is 0 Å². The Balaban J connectivity index is 1.97. The normalized spacial score (nSPS) is 11.3. The minimum Gasteiger partial charge on any atom is -0.495 e. The first-order valence-electron chi connectivity index (χ1n) is 8.89. The number of halogens is 2. The van der Waals surface area contributed by atoms with Gasteiger partial charge in [0.05, 0.1) is 29.6 Å². The Labute approximate surface area is 181 Å². The molecule has 166 valence electrons. The third-order valence-corrected chi connectivity index (χ3v) is 5.57. The molecule has 0 fully saturated rings. The van der Waals surface area contributed by atoms with Crippen LogP contribution >= 0.6 is 0 Å². The van der Waals surface area contributed by atoms with Gasteiger partial charge in [0.15, 0.2) is 0 Å². The minimum absolute atomic E-state index is 0.0580. The maximum absolute atomic E-state index is 13.7. The Kier molecular flexibility index (Phi) is 6.64. The molecule has 0 aliphatic rings. The van der Waals surface area contributed by atoms with Crippen molar-refractivity contribution in [1.29, 1.82) is 0 Å². The van der Waals surface area contributed by atoms with Crippen LogP contribution in [-0.2, 0) is 10.0 Å². The monoisotopic (exact) mass is 462 g/mol. The number of anilines is 2. The molecule has 0 radical (unpaired) electrons. The van der Waals surface area contributed by atoms with Gasteiger partial charge in [0, 0.05) is 23.8 Å². The molecular formula is C20H16F2N4O5S. The number of nitrogens with zero attached hydrogens (tertiary/aromatic N) is 2. The molecule has 0 unspecified atom stereocenters. The summed E-state index contributed by atoms with van der Waals surface area (Å²) in [5.41, 5.74) is 1.90. The molecule has 9 nitrogen and oxygen atoms in total. The van der Waals surface area contributed by atoms with Gasteiger partial charge in [-0.05, 0) is 30.3 Å². The molecule has 2 N–H and O–H groups in total. The molecule has 0 amide bonds. The van der Waals surface area contributed by atoms with Crippen LogP contribution in [0.25, 0.3) is 0 Å². The van der Waals surface area contributed by atoms with Crippen molar-refractivity contribution in [2.45, 2.75) is 4.90 Å². The number of ether oxygens (including phenoxy) is 1. The molecule has 32 heavy (non-hydrogen) atoms. The van der Waals surface area contributed by atoms with Gasteiger partial charge >= 0.3 is 0 Å². The smallest absolute Gasteiger partial charge is 0.270 e. The standard InChI is InChI=1S/C20H16F2N4O5S/c1-31-19-5-3-2-4-17(19)25-32(29,30)20-11-15(26(27)28)8-9-18(20)24-23-12-13-6-7-14(21)10-16(13)22/h2-12,24-25H,1H3/b23-12-. The summed E-state index contributed by atoms with van der Waals surface area (Å²) in [5.74, 6) is -1.40. The van der Waals surface area contributed by atoms with Crippen molar-refractivity contribution >= 4 is 33.3 Å². The Hall–Kier alpha value is -4.06. The molecule has 12 heteroatoms. The molecule has 0 saturated heterocycles. The van der Waals surface area contributed by atoms with E-state index < -0.39 is 37.2 Å². The zero-order valence-electron chi connectivity index (χ0n) is 16.5. The van der Waals surface area contributed by atoms with Gasteiger partial charge in [-0.1, -0.05) is 12.1 Å². The summed E-state index contributed by atoms with van der Waals surface area (Å²) >= 11 is 0. The fraction of sp³-hybridized carbons (Fsp3) is 0.0500. The molecule has 0 aromatic heterocycles. The van der Waals surface area contributed by atoms with E-state index in [9.17, 15) is 27.3 Å². The topological polar surface area (TPSA) is 123 Å². The largest absolute Gasteiger partial charge is 0.495 e. The van der Waals surface area contributed by atoms with Crippen LogP contribution in [-0.4, -0.2) is 26.7 Å². The maximum Gasteiger partial charge on any atom is 0.270 e. The number of hydrogen-bond donors (Lipinski definition) is 2. The van der Waals surface area contributed by atoms with Gasteiger partial charge in [-0.15, -0.1) is 0 Å². The van der Waals surface area contributed by atoms with Crippen LogP contribution in [0.1, 0.15) is 5.56 Å². The van der Waals surface area contributed by atoms with E-state index in [0.29, 0.717) is 6.07 Å². The van der Waals surface area contributed by atoms with E-state index in [1.54, 1.807) is 12.1 Å². The highest BCUT2D eigenvalue weighted by molar-refractivity contribution is 7.93. The Bertz CT molecular complexity index is 1300. The van der Waals surface area contributed by atoms with Crippen LogP contribution < -0.4 is 14.9 Å². The lowest BCUT2D eigenvalue weighted by Crippen LogP contribution is -2.15. The van der Waals surface area contributed by atoms with Crippen molar-refractivity contribution < 1.29 is 26.9 Å². The van der Waals surface area contributed by atoms with E-state index in [1.165, 1.54) is 19.2 Å². The summed E-state index contributed by atoms with van der Waals surface area (Å²) in [5, 5.41) is 14.9.